The van der Waals surface area contributed by atoms with Crippen molar-refractivity contribution in [2.75, 3.05) is 14.2 Å². The van der Waals surface area contributed by atoms with Gasteiger partial charge < -0.3 is 14.2 Å². The Morgan fingerprint density at radius 3 is 2.24 bits per heavy atom. The molecule has 21 heavy (non-hydrogen) atoms. The Hall–Kier alpha value is -3.18. The number of nitrogens with zero attached hydrogens (tertiary/aromatic N) is 2. The van der Waals surface area contributed by atoms with Crippen molar-refractivity contribution in [3.8, 4) is 35.1 Å². The van der Waals surface area contributed by atoms with Crippen LogP contribution < -0.4 is 14.2 Å². The Balaban J connectivity index is 2.43. The Labute approximate surface area is 122 Å². The summed E-state index contributed by atoms with van der Waals surface area (Å²) in [5.74, 6) is 1.78. The standard InChI is InChI=1S/C16H12N2O3/c1-19-13-5-4-12(10-18)15(8-13)21-14-6-3-11(9-17)7-16(14)20-2/h3-8H,1-2H3. The van der Waals surface area contributed by atoms with E-state index in [1.807, 2.05) is 6.07 Å². The van der Waals surface area contributed by atoms with Gasteiger partial charge in [0.05, 0.1) is 31.4 Å². The lowest BCUT2D eigenvalue weighted by molar-refractivity contribution is 0.375. The summed E-state index contributed by atoms with van der Waals surface area (Å²) in [6, 6.07) is 13.8. The zero-order chi connectivity index (χ0) is 15.2. The number of methoxy groups -OCH3 is 2. The number of hydrogen-bond donors (Lipinski definition) is 0. The summed E-state index contributed by atoms with van der Waals surface area (Å²) in [5.41, 5.74) is 0.840. The summed E-state index contributed by atoms with van der Waals surface area (Å²) in [5, 5.41) is 18.0. The maximum Gasteiger partial charge on any atom is 0.169 e. The molecule has 0 unspecified atom stereocenters. The molecule has 5 heteroatoms. The summed E-state index contributed by atoms with van der Waals surface area (Å²) in [6.45, 7) is 0. The molecule has 0 aliphatic rings. The molecule has 0 spiro atoms. The molecule has 0 amide bonds. The predicted octanol–water partition coefficient (Wildman–Crippen LogP) is 3.24. The molecule has 0 atom stereocenters. The number of benzene rings is 2. The lowest BCUT2D eigenvalue weighted by Gasteiger charge is -2.12. The molecule has 0 saturated carbocycles. The van der Waals surface area contributed by atoms with Crippen LogP contribution in [-0.4, -0.2) is 14.2 Å². The molecule has 0 aromatic heterocycles. The molecule has 0 fully saturated rings. The second-order valence-corrected chi connectivity index (χ2v) is 4.05. The molecule has 2 aromatic rings. The Morgan fingerprint density at radius 2 is 1.62 bits per heavy atom. The van der Waals surface area contributed by atoms with Crippen molar-refractivity contribution in [3.05, 3.63) is 47.5 Å². The zero-order valence-electron chi connectivity index (χ0n) is 11.6. The lowest BCUT2D eigenvalue weighted by Crippen LogP contribution is -1.94. The smallest absolute Gasteiger partial charge is 0.169 e. The van der Waals surface area contributed by atoms with Crippen molar-refractivity contribution < 1.29 is 14.2 Å². The quantitative estimate of drug-likeness (QED) is 0.859. The van der Waals surface area contributed by atoms with E-state index in [1.54, 1.807) is 36.4 Å². The lowest BCUT2D eigenvalue weighted by atomic mass is 10.2. The Bertz CT molecular complexity index is 742. The number of hydrogen-bond acceptors (Lipinski definition) is 5. The summed E-state index contributed by atoms with van der Waals surface area (Å²) < 4.78 is 16.0. The monoisotopic (exact) mass is 280 g/mol. The van der Waals surface area contributed by atoms with Gasteiger partial charge in [-0.2, -0.15) is 10.5 Å². The molecule has 0 N–H and O–H groups in total. The van der Waals surface area contributed by atoms with Crippen LogP contribution in [0.4, 0.5) is 0 Å². The van der Waals surface area contributed by atoms with Gasteiger partial charge in [0.1, 0.15) is 17.6 Å². The molecular formula is C16H12N2O3. The molecule has 2 aromatic carbocycles. The molecule has 0 aliphatic heterocycles. The number of rotatable bonds is 4. The highest BCUT2D eigenvalue weighted by Gasteiger charge is 2.11. The van der Waals surface area contributed by atoms with Crippen LogP contribution in [0.3, 0.4) is 0 Å². The average molecular weight is 280 g/mol. The van der Waals surface area contributed by atoms with Gasteiger partial charge >= 0.3 is 0 Å². The van der Waals surface area contributed by atoms with Crippen LogP contribution in [0.2, 0.25) is 0 Å². The number of nitriles is 2. The highest BCUT2D eigenvalue weighted by atomic mass is 16.5. The minimum Gasteiger partial charge on any atom is -0.497 e. The summed E-state index contributed by atoms with van der Waals surface area (Å²) >= 11 is 0. The molecule has 0 aliphatic carbocycles. The topological polar surface area (TPSA) is 75.3 Å². The van der Waals surface area contributed by atoms with E-state index in [-0.39, 0.29) is 0 Å². The van der Waals surface area contributed by atoms with Gasteiger partial charge in [0.2, 0.25) is 0 Å². The van der Waals surface area contributed by atoms with E-state index in [0.29, 0.717) is 34.1 Å². The molecular weight excluding hydrogens is 268 g/mol. The van der Waals surface area contributed by atoms with Crippen molar-refractivity contribution in [1.82, 2.24) is 0 Å². The van der Waals surface area contributed by atoms with Crippen molar-refractivity contribution in [3.63, 3.8) is 0 Å². The first-order valence-corrected chi connectivity index (χ1v) is 6.06. The third-order valence-corrected chi connectivity index (χ3v) is 2.82. The fourth-order valence-corrected chi connectivity index (χ4v) is 1.75. The van der Waals surface area contributed by atoms with E-state index < -0.39 is 0 Å². The highest BCUT2D eigenvalue weighted by molar-refractivity contribution is 5.53. The molecule has 0 saturated heterocycles. The molecule has 0 radical (unpaired) electrons. The summed E-state index contributed by atoms with van der Waals surface area (Å²) in [7, 11) is 3.02. The highest BCUT2D eigenvalue weighted by Crippen LogP contribution is 2.35. The molecule has 2 rings (SSSR count). The normalized spacial score (nSPS) is 9.33. The first kappa shape index (κ1) is 14.2. The van der Waals surface area contributed by atoms with E-state index in [4.69, 9.17) is 24.7 Å². The summed E-state index contributed by atoms with van der Waals surface area (Å²) in [4.78, 5) is 0. The molecule has 0 heterocycles. The zero-order valence-corrected chi connectivity index (χ0v) is 11.6. The number of ether oxygens (including phenoxy) is 3. The fourth-order valence-electron chi connectivity index (χ4n) is 1.75. The van der Waals surface area contributed by atoms with Crippen LogP contribution >= 0.6 is 0 Å². The molecule has 0 bridgehead atoms. The van der Waals surface area contributed by atoms with Gasteiger partial charge in [-0.05, 0) is 24.3 Å². The van der Waals surface area contributed by atoms with E-state index >= 15 is 0 Å². The minimum atomic E-state index is 0.361. The van der Waals surface area contributed by atoms with Gasteiger partial charge in [-0.25, -0.2) is 0 Å². The van der Waals surface area contributed by atoms with Crippen molar-refractivity contribution in [2.24, 2.45) is 0 Å². The first-order chi connectivity index (χ1) is 10.2. The largest absolute Gasteiger partial charge is 0.497 e. The van der Waals surface area contributed by atoms with Gasteiger partial charge in [0, 0.05) is 12.1 Å². The predicted molar refractivity (Wildman–Crippen MR) is 75.5 cm³/mol. The van der Waals surface area contributed by atoms with Crippen LogP contribution in [0.5, 0.6) is 23.0 Å². The fraction of sp³-hybridized carbons (Fsp3) is 0.125. The first-order valence-electron chi connectivity index (χ1n) is 6.06. The second-order valence-electron chi connectivity index (χ2n) is 4.05. The van der Waals surface area contributed by atoms with Gasteiger partial charge in [-0.15, -0.1) is 0 Å². The van der Waals surface area contributed by atoms with Gasteiger partial charge in [0.15, 0.2) is 11.5 Å². The average Bonchev–Trinajstić information content (AvgIpc) is 2.55. The van der Waals surface area contributed by atoms with Crippen LogP contribution in [0, 0.1) is 22.7 Å². The Kier molecular flexibility index (Phi) is 4.28. The van der Waals surface area contributed by atoms with E-state index in [9.17, 15) is 0 Å². The van der Waals surface area contributed by atoms with Crippen molar-refractivity contribution >= 4 is 0 Å². The van der Waals surface area contributed by atoms with Crippen LogP contribution in [-0.2, 0) is 0 Å². The van der Waals surface area contributed by atoms with E-state index in [1.165, 1.54) is 14.2 Å². The van der Waals surface area contributed by atoms with E-state index in [2.05, 4.69) is 6.07 Å². The van der Waals surface area contributed by atoms with Gasteiger partial charge in [0.25, 0.3) is 0 Å². The van der Waals surface area contributed by atoms with Gasteiger partial charge in [-0.3, -0.25) is 0 Å². The van der Waals surface area contributed by atoms with Crippen molar-refractivity contribution in [1.29, 1.82) is 10.5 Å². The molecule has 104 valence electrons. The van der Waals surface area contributed by atoms with Crippen LogP contribution in [0.25, 0.3) is 0 Å². The maximum absolute atomic E-state index is 9.12. The van der Waals surface area contributed by atoms with Crippen LogP contribution in [0.1, 0.15) is 11.1 Å². The molecule has 5 nitrogen and oxygen atoms in total. The third-order valence-electron chi connectivity index (χ3n) is 2.82. The van der Waals surface area contributed by atoms with E-state index in [0.717, 1.165) is 0 Å². The third kappa shape index (κ3) is 3.05. The summed E-state index contributed by atoms with van der Waals surface area (Å²) in [6.07, 6.45) is 0. The Morgan fingerprint density at radius 1 is 0.810 bits per heavy atom. The minimum absolute atomic E-state index is 0.361. The van der Waals surface area contributed by atoms with Crippen LogP contribution in [0.15, 0.2) is 36.4 Å². The van der Waals surface area contributed by atoms with Crippen molar-refractivity contribution in [2.45, 2.75) is 0 Å². The second kappa shape index (κ2) is 6.31. The maximum atomic E-state index is 9.12. The SMILES string of the molecule is COc1ccc(C#N)c(Oc2ccc(C#N)cc2OC)c1. The van der Waals surface area contributed by atoms with Gasteiger partial charge in [-0.1, -0.05) is 0 Å².